The third-order valence-corrected chi connectivity index (χ3v) is 5.26. The van der Waals surface area contributed by atoms with Gasteiger partial charge in [0.1, 0.15) is 11.5 Å². The smallest absolute Gasteiger partial charge is 0.274 e. The summed E-state index contributed by atoms with van der Waals surface area (Å²) in [5, 5.41) is 1.81. The van der Waals surface area contributed by atoms with Crippen LogP contribution >= 0.6 is 11.3 Å². The standard InChI is InChI=1S/C19H19N5O2S/c1-3-23(7-6-16-20-13-5-4-12(2)10-14(13)21-16)18(26)15-11-17(25)22-19-24(15)8-9-27-19/h4-5,8-11H,3,6-7H2,1-2H3,(H,20,21). The maximum Gasteiger partial charge on any atom is 0.274 e. The molecule has 0 aliphatic rings. The van der Waals surface area contributed by atoms with E-state index >= 15 is 0 Å². The van der Waals surface area contributed by atoms with Crippen molar-refractivity contribution in [2.75, 3.05) is 13.1 Å². The summed E-state index contributed by atoms with van der Waals surface area (Å²) in [6.07, 6.45) is 2.37. The maximum absolute atomic E-state index is 13.0. The van der Waals surface area contributed by atoms with E-state index in [4.69, 9.17) is 0 Å². The number of benzene rings is 1. The van der Waals surface area contributed by atoms with Crippen LogP contribution in [0.4, 0.5) is 0 Å². The zero-order chi connectivity index (χ0) is 19.0. The number of aromatic amines is 1. The maximum atomic E-state index is 13.0. The number of hydrogen-bond donors (Lipinski definition) is 1. The van der Waals surface area contributed by atoms with Crippen LogP contribution in [0.2, 0.25) is 0 Å². The first-order chi connectivity index (χ1) is 13.0. The molecular weight excluding hydrogens is 362 g/mol. The van der Waals surface area contributed by atoms with Crippen LogP contribution in [0.5, 0.6) is 0 Å². The van der Waals surface area contributed by atoms with Crippen LogP contribution in [0.1, 0.15) is 28.8 Å². The molecule has 0 fully saturated rings. The summed E-state index contributed by atoms with van der Waals surface area (Å²) < 4.78 is 1.67. The number of imidazole rings is 1. The second-order valence-electron chi connectivity index (χ2n) is 6.37. The van der Waals surface area contributed by atoms with Gasteiger partial charge >= 0.3 is 0 Å². The molecule has 138 valence electrons. The number of carbonyl (C=O) groups excluding carboxylic acids is 1. The molecule has 1 amide bonds. The third kappa shape index (κ3) is 3.35. The van der Waals surface area contributed by atoms with Crippen molar-refractivity contribution in [1.29, 1.82) is 0 Å². The predicted molar refractivity (Wildman–Crippen MR) is 105 cm³/mol. The van der Waals surface area contributed by atoms with Crippen molar-refractivity contribution >= 4 is 33.2 Å². The number of nitrogens with one attached hydrogen (secondary N) is 1. The molecule has 0 aliphatic heterocycles. The van der Waals surface area contributed by atoms with Gasteiger partial charge in [0, 0.05) is 37.2 Å². The minimum absolute atomic E-state index is 0.183. The van der Waals surface area contributed by atoms with Gasteiger partial charge in [-0.25, -0.2) is 4.98 Å². The largest absolute Gasteiger partial charge is 0.342 e. The fourth-order valence-electron chi connectivity index (χ4n) is 3.11. The molecule has 0 spiro atoms. The summed E-state index contributed by atoms with van der Waals surface area (Å²) in [6, 6.07) is 7.38. The number of H-pyrrole nitrogens is 1. The first-order valence-electron chi connectivity index (χ1n) is 8.76. The number of aromatic nitrogens is 4. The fourth-order valence-corrected chi connectivity index (χ4v) is 3.83. The molecule has 3 heterocycles. The quantitative estimate of drug-likeness (QED) is 0.576. The molecule has 0 saturated carbocycles. The van der Waals surface area contributed by atoms with E-state index in [2.05, 4.69) is 21.0 Å². The Bertz CT molecular complexity index is 1190. The van der Waals surface area contributed by atoms with Gasteiger partial charge in [-0.05, 0) is 31.5 Å². The number of amides is 1. The molecule has 1 N–H and O–H groups in total. The van der Waals surface area contributed by atoms with Crippen molar-refractivity contribution in [3.05, 3.63) is 63.3 Å². The molecule has 7 nitrogen and oxygen atoms in total. The number of carbonyl (C=O) groups is 1. The lowest BCUT2D eigenvalue weighted by atomic mass is 10.2. The summed E-state index contributed by atoms with van der Waals surface area (Å²) in [7, 11) is 0. The summed E-state index contributed by atoms with van der Waals surface area (Å²) in [6.45, 7) is 5.02. The van der Waals surface area contributed by atoms with Crippen LogP contribution in [0.25, 0.3) is 16.0 Å². The molecule has 0 unspecified atom stereocenters. The Kier molecular flexibility index (Phi) is 4.49. The van der Waals surface area contributed by atoms with E-state index in [1.54, 1.807) is 15.5 Å². The number of aryl methyl sites for hydroxylation is 1. The lowest BCUT2D eigenvalue weighted by Crippen LogP contribution is -2.34. The summed E-state index contributed by atoms with van der Waals surface area (Å²) in [5.74, 6) is 0.659. The van der Waals surface area contributed by atoms with Gasteiger partial charge in [-0.3, -0.25) is 14.0 Å². The second-order valence-corrected chi connectivity index (χ2v) is 7.25. The normalized spacial score (nSPS) is 11.3. The third-order valence-electron chi connectivity index (χ3n) is 4.51. The molecular formula is C19H19N5O2S. The van der Waals surface area contributed by atoms with Crippen LogP contribution in [-0.2, 0) is 6.42 Å². The van der Waals surface area contributed by atoms with Gasteiger partial charge in [0.15, 0.2) is 4.96 Å². The predicted octanol–water partition coefficient (Wildman–Crippen LogP) is 2.65. The van der Waals surface area contributed by atoms with Crippen molar-refractivity contribution in [2.45, 2.75) is 20.3 Å². The minimum atomic E-state index is -0.399. The van der Waals surface area contributed by atoms with Gasteiger partial charge in [0.2, 0.25) is 0 Å². The van der Waals surface area contributed by atoms with Crippen molar-refractivity contribution in [3.63, 3.8) is 0 Å². The van der Waals surface area contributed by atoms with Gasteiger partial charge < -0.3 is 9.88 Å². The van der Waals surface area contributed by atoms with Crippen molar-refractivity contribution in [1.82, 2.24) is 24.3 Å². The van der Waals surface area contributed by atoms with Gasteiger partial charge in [0.25, 0.3) is 11.5 Å². The number of nitrogens with zero attached hydrogens (tertiary/aromatic N) is 4. The molecule has 0 bridgehead atoms. The van der Waals surface area contributed by atoms with Gasteiger partial charge in [0.05, 0.1) is 11.0 Å². The fraction of sp³-hybridized carbons (Fsp3) is 0.263. The molecule has 4 rings (SSSR count). The van der Waals surface area contributed by atoms with E-state index in [1.807, 2.05) is 31.4 Å². The van der Waals surface area contributed by atoms with Crippen LogP contribution < -0.4 is 5.56 Å². The number of fused-ring (bicyclic) bond motifs is 2. The molecule has 8 heteroatoms. The highest BCUT2D eigenvalue weighted by atomic mass is 32.1. The van der Waals surface area contributed by atoms with E-state index in [0.717, 1.165) is 16.9 Å². The van der Waals surface area contributed by atoms with E-state index in [-0.39, 0.29) is 5.91 Å². The molecule has 1 aromatic carbocycles. The van der Waals surface area contributed by atoms with Crippen molar-refractivity contribution in [2.24, 2.45) is 0 Å². The van der Waals surface area contributed by atoms with E-state index in [1.165, 1.54) is 23.0 Å². The minimum Gasteiger partial charge on any atom is -0.342 e. The summed E-state index contributed by atoms with van der Waals surface area (Å²) in [5.41, 5.74) is 3.04. The molecule has 4 aromatic rings. The van der Waals surface area contributed by atoms with Crippen molar-refractivity contribution in [3.8, 4) is 0 Å². The molecule has 0 radical (unpaired) electrons. The van der Waals surface area contributed by atoms with Crippen LogP contribution in [0, 0.1) is 6.92 Å². The van der Waals surface area contributed by atoms with Gasteiger partial charge in [-0.2, -0.15) is 4.98 Å². The highest BCUT2D eigenvalue weighted by Gasteiger charge is 2.19. The SMILES string of the molecule is CCN(CCc1nc2ccc(C)cc2[nH]1)C(=O)c1cc(=O)nc2sccn12. The van der Waals surface area contributed by atoms with E-state index in [9.17, 15) is 9.59 Å². The second kappa shape index (κ2) is 6.96. The van der Waals surface area contributed by atoms with E-state index < -0.39 is 5.56 Å². The molecule has 0 saturated heterocycles. The Hall–Kier alpha value is -3.00. The number of rotatable bonds is 5. The zero-order valence-corrected chi connectivity index (χ0v) is 15.9. The molecule has 0 atom stereocenters. The Morgan fingerprint density at radius 2 is 2.15 bits per heavy atom. The first kappa shape index (κ1) is 17.4. The number of thiazole rings is 1. The first-order valence-corrected chi connectivity index (χ1v) is 9.64. The topological polar surface area (TPSA) is 83.4 Å². The molecule has 3 aromatic heterocycles. The highest BCUT2D eigenvalue weighted by Crippen LogP contribution is 2.15. The zero-order valence-electron chi connectivity index (χ0n) is 15.1. The highest BCUT2D eigenvalue weighted by molar-refractivity contribution is 7.15. The van der Waals surface area contributed by atoms with E-state index in [0.29, 0.717) is 30.2 Å². The number of likely N-dealkylation sites (N-methyl/N-ethyl adjacent to an activating group) is 1. The Balaban J connectivity index is 1.56. The Morgan fingerprint density at radius 1 is 1.30 bits per heavy atom. The number of hydrogen-bond acceptors (Lipinski definition) is 5. The van der Waals surface area contributed by atoms with Crippen molar-refractivity contribution < 1.29 is 4.79 Å². The molecule has 0 aliphatic carbocycles. The molecule has 27 heavy (non-hydrogen) atoms. The van der Waals surface area contributed by atoms with Gasteiger partial charge in [-0.15, -0.1) is 11.3 Å². The average Bonchev–Trinajstić information content (AvgIpc) is 3.27. The van der Waals surface area contributed by atoms with Crippen LogP contribution in [0.3, 0.4) is 0 Å². The van der Waals surface area contributed by atoms with Crippen LogP contribution in [-0.4, -0.2) is 43.2 Å². The van der Waals surface area contributed by atoms with Crippen LogP contribution in [0.15, 0.2) is 40.6 Å². The lowest BCUT2D eigenvalue weighted by molar-refractivity contribution is 0.0758. The monoisotopic (exact) mass is 381 g/mol. The summed E-state index contributed by atoms with van der Waals surface area (Å²) in [4.78, 5) is 38.9. The average molecular weight is 381 g/mol. The lowest BCUT2D eigenvalue weighted by Gasteiger charge is -2.20. The summed E-state index contributed by atoms with van der Waals surface area (Å²) >= 11 is 1.33. The Morgan fingerprint density at radius 3 is 2.96 bits per heavy atom. The Labute approximate surface area is 159 Å². The van der Waals surface area contributed by atoms with Gasteiger partial charge in [-0.1, -0.05) is 6.07 Å².